The van der Waals surface area contributed by atoms with Crippen LogP contribution in [0.25, 0.3) is 0 Å². The van der Waals surface area contributed by atoms with Gasteiger partial charge in [0, 0.05) is 13.5 Å². The molecule has 226 valence electrons. The Morgan fingerprint density at radius 3 is 2.51 bits per heavy atom. The molecule has 2 atom stereocenters. The van der Waals surface area contributed by atoms with E-state index >= 15 is 0 Å². The minimum atomic E-state index is -1.29. The van der Waals surface area contributed by atoms with Gasteiger partial charge >= 0.3 is 0 Å². The molecule has 0 aromatic heterocycles. The molecule has 3 aromatic rings. The number of likely N-dealkylation sites (N-methyl/N-ethyl adjacent to an activating group) is 1. The first-order chi connectivity index (χ1) is 20.7. The first-order valence-electron chi connectivity index (χ1n) is 13.7. The van der Waals surface area contributed by atoms with Crippen LogP contribution in [0.15, 0.2) is 72.8 Å². The van der Waals surface area contributed by atoms with Crippen LogP contribution in [-0.4, -0.2) is 79.1 Å². The average molecular weight is 593 g/mol. The van der Waals surface area contributed by atoms with E-state index in [9.17, 15) is 28.7 Å². The third-order valence-corrected chi connectivity index (χ3v) is 6.70. The third kappa shape index (κ3) is 8.93. The zero-order chi connectivity index (χ0) is 30.8. The predicted molar refractivity (Wildman–Crippen MR) is 154 cm³/mol. The summed E-state index contributed by atoms with van der Waals surface area (Å²) in [6, 6.07) is 15.8. The molecule has 0 radical (unpaired) electrons. The van der Waals surface area contributed by atoms with Gasteiger partial charge < -0.3 is 35.4 Å². The molecule has 4 amide bonds. The van der Waals surface area contributed by atoms with Gasteiger partial charge in [-0.3, -0.25) is 19.2 Å². The second-order valence-electron chi connectivity index (χ2n) is 9.92. The first-order valence-corrected chi connectivity index (χ1v) is 13.7. The molecule has 1 aliphatic heterocycles. The van der Waals surface area contributed by atoms with Crippen LogP contribution in [0.5, 0.6) is 17.2 Å². The van der Waals surface area contributed by atoms with Gasteiger partial charge in [0.15, 0.2) is 0 Å². The number of halogens is 1. The number of benzene rings is 3. The van der Waals surface area contributed by atoms with Gasteiger partial charge in [0.05, 0.1) is 25.1 Å². The Labute approximate surface area is 248 Å². The lowest BCUT2D eigenvalue weighted by Crippen LogP contribution is -2.53. The summed E-state index contributed by atoms with van der Waals surface area (Å²) in [5.41, 5.74) is 0.858. The Bertz CT molecular complexity index is 1430. The molecule has 0 saturated carbocycles. The van der Waals surface area contributed by atoms with Gasteiger partial charge in [-0.15, -0.1) is 0 Å². The summed E-state index contributed by atoms with van der Waals surface area (Å²) in [5, 5.41) is 17.6. The molecule has 0 aliphatic carbocycles. The van der Waals surface area contributed by atoms with E-state index in [1.54, 1.807) is 37.4 Å². The van der Waals surface area contributed by atoms with Crippen LogP contribution in [0, 0.1) is 5.82 Å². The fourth-order valence-electron chi connectivity index (χ4n) is 4.40. The van der Waals surface area contributed by atoms with Crippen LogP contribution in [0.1, 0.15) is 22.3 Å². The number of fused-ring (bicyclic) bond motifs is 1. The molecule has 11 nitrogen and oxygen atoms in total. The number of nitrogens with zero attached hydrogens (tertiary/aromatic N) is 1. The highest BCUT2D eigenvalue weighted by Gasteiger charge is 2.30. The molecule has 43 heavy (non-hydrogen) atoms. The second-order valence-corrected chi connectivity index (χ2v) is 9.92. The number of carbonyl (C=O) groups excluding carboxylic acids is 4. The number of amides is 4. The van der Waals surface area contributed by atoms with Gasteiger partial charge in [0.2, 0.25) is 17.7 Å². The molecule has 1 aliphatic rings. The smallest absolute Gasteiger partial charge is 0.255 e. The maximum atomic E-state index is 13.4. The van der Waals surface area contributed by atoms with Crippen LogP contribution in [0.4, 0.5) is 4.39 Å². The lowest BCUT2D eigenvalue weighted by atomic mass is 10.0. The minimum Gasteiger partial charge on any atom is -0.508 e. The van der Waals surface area contributed by atoms with Gasteiger partial charge in [0.25, 0.3) is 5.91 Å². The van der Waals surface area contributed by atoms with Gasteiger partial charge in [-0.25, -0.2) is 4.39 Å². The summed E-state index contributed by atoms with van der Waals surface area (Å²) in [5.74, 6) is -1.94. The van der Waals surface area contributed by atoms with E-state index in [-0.39, 0.29) is 55.7 Å². The summed E-state index contributed by atoms with van der Waals surface area (Å²) in [6.07, 6.45) is -0.328. The largest absolute Gasteiger partial charge is 0.508 e. The van der Waals surface area contributed by atoms with Crippen molar-refractivity contribution in [1.82, 2.24) is 20.9 Å². The molecule has 0 saturated heterocycles. The monoisotopic (exact) mass is 592 g/mol. The first kappa shape index (κ1) is 30.8. The average Bonchev–Trinajstić information content (AvgIpc) is 2.99. The number of hydrogen-bond donors (Lipinski definition) is 4. The molecule has 3 aromatic carbocycles. The molecule has 0 bridgehead atoms. The summed E-state index contributed by atoms with van der Waals surface area (Å²) >= 11 is 0. The Kier molecular flexibility index (Phi) is 10.5. The van der Waals surface area contributed by atoms with Crippen molar-refractivity contribution < 1.29 is 38.1 Å². The summed E-state index contributed by atoms with van der Waals surface area (Å²) in [4.78, 5) is 54.5. The van der Waals surface area contributed by atoms with E-state index in [0.717, 1.165) is 0 Å². The van der Waals surface area contributed by atoms with Crippen LogP contribution < -0.4 is 25.4 Å². The second kappa shape index (κ2) is 14.7. The van der Waals surface area contributed by atoms with Crippen LogP contribution >= 0.6 is 0 Å². The highest BCUT2D eigenvalue weighted by Crippen LogP contribution is 2.19. The molecular weight excluding hydrogens is 559 g/mol. The summed E-state index contributed by atoms with van der Waals surface area (Å²) in [6.45, 7) is 0.346. The molecule has 0 spiro atoms. The number of hydrogen-bond acceptors (Lipinski definition) is 7. The fourth-order valence-corrected chi connectivity index (χ4v) is 4.40. The molecule has 0 unspecified atom stereocenters. The number of ether oxygens (including phenoxy) is 2. The summed E-state index contributed by atoms with van der Waals surface area (Å²) < 4.78 is 24.4. The minimum absolute atomic E-state index is 0.0383. The lowest BCUT2D eigenvalue weighted by molar-refractivity contribution is -0.136. The van der Waals surface area contributed by atoms with Crippen molar-refractivity contribution in [3.8, 4) is 17.2 Å². The van der Waals surface area contributed by atoms with Crippen LogP contribution in [0.2, 0.25) is 0 Å². The van der Waals surface area contributed by atoms with E-state index in [2.05, 4.69) is 16.0 Å². The molecule has 4 rings (SSSR count). The van der Waals surface area contributed by atoms with Gasteiger partial charge in [-0.1, -0.05) is 24.3 Å². The van der Waals surface area contributed by atoms with Crippen molar-refractivity contribution in [1.29, 1.82) is 0 Å². The normalized spacial score (nSPS) is 17.9. The number of carbonyl (C=O) groups is 4. The van der Waals surface area contributed by atoms with Crippen molar-refractivity contribution in [2.75, 3.05) is 33.4 Å². The molecule has 0 fully saturated rings. The Hall–Kier alpha value is -5.13. The number of nitrogens with one attached hydrogen (secondary N) is 3. The van der Waals surface area contributed by atoms with E-state index in [1.807, 2.05) is 0 Å². The van der Waals surface area contributed by atoms with Crippen LogP contribution in [0.3, 0.4) is 0 Å². The SMILES string of the molecule is CN1CCOc2ccccc2C(=O)N[C@H](C(=O)NCCOc2ccc(F)cc2)CC(=O)N[C@@H](Cc2ccc(O)cc2)C1=O. The number of para-hydroxylation sites is 1. The van der Waals surface area contributed by atoms with Gasteiger partial charge in [0.1, 0.15) is 48.4 Å². The van der Waals surface area contributed by atoms with Gasteiger partial charge in [-0.05, 0) is 54.1 Å². The zero-order valence-electron chi connectivity index (χ0n) is 23.5. The highest BCUT2D eigenvalue weighted by molar-refractivity contribution is 6.01. The topological polar surface area (TPSA) is 146 Å². The van der Waals surface area contributed by atoms with Crippen LogP contribution in [-0.2, 0) is 20.8 Å². The Morgan fingerprint density at radius 1 is 1.05 bits per heavy atom. The van der Waals surface area contributed by atoms with E-state index < -0.39 is 42.0 Å². The fraction of sp³-hybridized carbons (Fsp3) is 0.290. The molecule has 4 N–H and O–H groups in total. The third-order valence-electron chi connectivity index (χ3n) is 6.70. The van der Waals surface area contributed by atoms with Crippen molar-refractivity contribution >= 4 is 23.6 Å². The van der Waals surface area contributed by atoms with E-state index in [4.69, 9.17) is 9.47 Å². The quantitative estimate of drug-likeness (QED) is 0.306. The number of aromatic hydroxyl groups is 1. The summed E-state index contributed by atoms with van der Waals surface area (Å²) in [7, 11) is 1.58. The highest BCUT2D eigenvalue weighted by atomic mass is 19.1. The van der Waals surface area contributed by atoms with Crippen molar-refractivity contribution in [3.05, 3.63) is 89.7 Å². The van der Waals surface area contributed by atoms with Crippen molar-refractivity contribution in [2.24, 2.45) is 0 Å². The van der Waals surface area contributed by atoms with E-state index in [1.165, 1.54) is 47.4 Å². The van der Waals surface area contributed by atoms with Crippen molar-refractivity contribution in [3.63, 3.8) is 0 Å². The molecule has 12 heteroatoms. The number of rotatable bonds is 7. The maximum absolute atomic E-state index is 13.4. The van der Waals surface area contributed by atoms with Crippen molar-refractivity contribution in [2.45, 2.75) is 24.9 Å². The zero-order valence-corrected chi connectivity index (χ0v) is 23.5. The number of phenolic OH excluding ortho intramolecular Hbond substituents is 1. The van der Waals surface area contributed by atoms with E-state index in [0.29, 0.717) is 11.3 Å². The molecule has 1 heterocycles. The standard InChI is InChI=1S/C31H33FN4O7/c1-36-15-17-43-27-5-3-2-4-24(27)29(39)35-25(30(40)33-14-16-42-23-12-8-21(32)9-13-23)19-28(38)34-26(31(36)41)18-20-6-10-22(37)11-7-20/h2-13,25-26,37H,14-19H2,1H3,(H,33,40)(H,34,38)(H,35,39)/t25-,26-/m0/s1. The van der Waals surface area contributed by atoms with Gasteiger partial charge in [-0.2, -0.15) is 0 Å². The Morgan fingerprint density at radius 2 is 1.77 bits per heavy atom. The molecular formula is C31H33FN4O7. The maximum Gasteiger partial charge on any atom is 0.255 e. The lowest BCUT2D eigenvalue weighted by Gasteiger charge is -2.27. The Balaban J connectivity index is 1.51. The number of phenols is 1. The predicted octanol–water partition coefficient (Wildman–Crippen LogP) is 1.79.